The molecule has 1 saturated heterocycles. The minimum atomic E-state index is -0.335. The molecule has 4 N–H and O–H groups in total. The molecule has 1 heterocycles. The number of hydrogen-bond acceptors (Lipinski definition) is 6. The topological polar surface area (TPSA) is 93.5 Å². The van der Waals surface area contributed by atoms with Gasteiger partial charge >= 0.3 is 11.9 Å². The number of carbonyl (C=O) groups excluding carboxylic acids is 2. The molecule has 0 spiro atoms. The maximum Gasteiger partial charge on any atom is 0.317 e. The molecule has 0 radical (unpaired) electrons. The van der Waals surface area contributed by atoms with E-state index in [2.05, 4.69) is 15.4 Å². The first-order chi connectivity index (χ1) is 8.72. The summed E-state index contributed by atoms with van der Waals surface area (Å²) in [6.45, 7) is 3.18. The highest BCUT2D eigenvalue weighted by atomic mass is 16.6. The Hall–Kier alpha value is -0.980. The molecule has 18 heavy (non-hydrogen) atoms. The fraction of sp³-hybridized carbons (Fsp3) is 0.833. The van der Waals surface area contributed by atoms with Crippen molar-refractivity contribution in [2.45, 2.75) is 25.3 Å². The average Bonchev–Trinajstić information content (AvgIpc) is 2.65. The zero-order chi connectivity index (χ0) is 13.0. The number of hydrogen-bond donors (Lipinski definition) is 3. The van der Waals surface area contributed by atoms with Gasteiger partial charge in [-0.15, -0.1) is 0 Å². The van der Waals surface area contributed by atoms with E-state index in [-0.39, 0.29) is 23.8 Å². The van der Waals surface area contributed by atoms with Gasteiger partial charge in [-0.2, -0.15) is 0 Å². The predicted octanol–water partition coefficient (Wildman–Crippen LogP) is -1.01. The van der Waals surface area contributed by atoms with Gasteiger partial charge in [-0.3, -0.25) is 9.59 Å². The average molecular weight is 255 g/mol. The van der Waals surface area contributed by atoms with Crippen molar-refractivity contribution in [1.29, 1.82) is 0 Å². The Labute approximate surface area is 107 Å². The van der Waals surface area contributed by atoms with E-state index in [4.69, 9.17) is 5.73 Å². The van der Waals surface area contributed by atoms with Crippen LogP contribution in [0, 0.1) is 11.8 Å². The summed E-state index contributed by atoms with van der Waals surface area (Å²) in [7, 11) is 0. The lowest BCUT2D eigenvalue weighted by Gasteiger charge is -2.28. The van der Waals surface area contributed by atoms with Crippen LogP contribution in [0.25, 0.3) is 0 Å². The Balaban J connectivity index is 1.70. The second kappa shape index (κ2) is 6.26. The Morgan fingerprint density at radius 1 is 1.11 bits per heavy atom. The van der Waals surface area contributed by atoms with Gasteiger partial charge in [0.1, 0.15) is 0 Å². The molecule has 0 aromatic heterocycles. The minimum Gasteiger partial charge on any atom is -0.393 e. The van der Waals surface area contributed by atoms with Crippen LogP contribution in [0.4, 0.5) is 0 Å². The van der Waals surface area contributed by atoms with E-state index in [0.29, 0.717) is 19.0 Å². The maximum atomic E-state index is 11.5. The molecule has 0 aromatic carbocycles. The van der Waals surface area contributed by atoms with Gasteiger partial charge in [-0.05, 0) is 19.3 Å². The summed E-state index contributed by atoms with van der Waals surface area (Å²) >= 11 is 0. The van der Waals surface area contributed by atoms with Gasteiger partial charge in [-0.25, -0.2) is 0 Å². The van der Waals surface area contributed by atoms with E-state index in [1.165, 1.54) is 0 Å². The van der Waals surface area contributed by atoms with E-state index < -0.39 is 0 Å². The molecule has 2 aliphatic rings. The van der Waals surface area contributed by atoms with Crippen LogP contribution in [-0.2, 0) is 14.3 Å². The zero-order valence-corrected chi connectivity index (χ0v) is 10.5. The Bertz CT molecular complexity index is 322. The summed E-state index contributed by atoms with van der Waals surface area (Å²) in [4.78, 5) is 22.9. The van der Waals surface area contributed by atoms with Crippen LogP contribution in [0.5, 0.6) is 0 Å². The van der Waals surface area contributed by atoms with E-state index in [1.54, 1.807) is 0 Å². The molecule has 0 bridgehead atoms. The maximum absolute atomic E-state index is 11.5. The summed E-state index contributed by atoms with van der Waals surface area (Å²) in [5.41, 5.74) is 5.37. The van der Waals surface area contributed by atoms with Crippen LogP contribution in [0.2, 0.25) is 0 Å². The quantitative estimate of drug-likeness (QED) is 0.320. The number of esters is 2. The summed E-state index contributed by atoms with van der Waals surface area (Å²) in [6.07, 6.45) is 2.40. The summed E-state index contributed by atoms with van der Waals surface area (Å²) in [5.74, 6) is -1.07. The van der Waals surface area contributed by atoms with Crippen LogP contribution < -0.4 is 16.4 Å². The van der Waals surface area contributed by atoms with Gasteiger partial charge in [-0.1, -0.05) is 0 Å². The lowest BCUT2D eigenvalue weighted by atomic mass is 9.78. The number of ether oxygens (including phenoxy) is 1. The molecule has 1 aliphatic carbocycles. The van der Waals surface area contributed by atoms with Gasteiger partial charge in [0.25, 0.3) is 0 Å². The van der Waals surface area contributed by atoms with Crippen molar-refractivity contribution < 1.29 is 14.3 Å². The molecule has 6 heteroatoms. The van der Waals surface area contributed by atoms with Crippen LogP contribution in [0.3, 0.4) is 0 Å². The Morgan fingerprint density at radius 2 is 1.89 bits per heavy atom. The highest BCUT2D eigenvalue weighted by molar-refractivity contribution is 5.96. The third kappa shape index (κ3) is 3.07. The molecule has 1 aliphatic heterocycles. The van der Waals surface area contributed by atoms with Gasteiger partial charge in [0, 0.05) is 32.2 Å². The van der Waals surface area contributed by atoms with Gasteiger partial charge < -0.3 is 21.1 Å². The molecule has 2 rings (SSSR count). The summed E-state index contributed by atoms with van der Waals surface area (Å²) in [5, 5.41) is 6.61. The summed E-state index contributed by atoms with van der Waals surface area (Å²) in [6, 6.07) is 0.310. The third-order valence-electron chi connectivity index (χ3n) is 3.71. The first-order valence-corrected chi connectivity index (χ1v) is 6.62. The minimum absolute atomic E-state index is 0.189. The molecule has 3 unspecified atom stereocenters. The summed E-state index contributed by atoms with van der Waals surface area (Å²) < 4.78 is 4.68. The number of fused-ring (bicyclic) bond motifs is 1. The van der Waals surface area contributed by atoms with Gasteiger partial charge in [0.2, 0.25) is 0 Å². The largest absolute Gasteiger partial charge is 0.393 e. The molecule has 6 nitrogen and oxygen atoms in total. The number of nitrogens with one attached hydrogen (secondary N) is 2. The fourth-order valence-electron chi connectivity index (χ4n) is 2.74. The number of rotatable bonds is 6. The standard InChI is InChI=1S/C12H21N3O3/c13-3-4-14-5-6-15-8-1-2-9-10(7-8)12(17)18-11(9)16/h8-10,14-15H,1-7,13H2. The fourth-order valence-corrected chi connectivity index (χ4v) is 2.74. The van der Waals surface area contributed by atoms with Crippen molar-refractivity contribution in [2.75, 3.05) is 26.2 Å². The van der Waals surface area contributed by atoms with Crippen LogP contribution >= 0.6 is 0 Å². The first-order valence-electron chi connectivity index (χ1n) is 6.62. The smallest absolute Gasteiger partial charge is 0.317 e. The molecular weight excluding hydrogens is 234 g/mol. The van der Waals surface area contributed by atoms with Crippen molar-refractivity contribution in [3.63, 3.8) is 0 Å². The third-order valence-corrected chi connectivity index (χ3v) is 3.71. The van der Waals surface area contributed by atoms with Crippen LogP contribution in [0.1, 0.15) is 19.3 Å². The van der Waals surface area contributed by atoms with Crippen LogP contribution in [0.15, 0.2) is 0 Å². The molecule has 0 aromatic rings. The number of cyclic esters (lactones) is 2. The zero-order valence-electron chi connectivity index (χ0n) is 10.5. The highest BCUT2D eigenvalue weighted by Crippen LogP contribution is 2.36. The first kappa shape index (κ1) is 13.5. The van der Waals surface area contributed by atoms with Gasteiger partial charge in [0.15, 0.2) is 0 Å². The van der Waals surface area contributed by atoms with Crippen molar-refractivity contribution in [3.8, 4) is 0 Å². The SMILES string of the molecule is NCCNCCNC1CCC2C(=O)OC(=O)C2C1. The molecule has 3 atom stereocenters. The van der Waals surface area contributed by atoms with E-state index in [0.717, 1.165) is 32.5 Å². The second-order valence-electron chi connectivity index (χ2n) is 4.96. The Morgan fingerprint density at radius 3 is 2.67 bits per heavy atom. The van der Waals surface area contributed by atoms with Crippen molar-refractivity contribution in [2.24, 2.45) is 17.6 Å². The second-order valence-corrected chi connectivity index (χ2v) is 4.96. The van der Waals surface area contributed by atoms with Gasteiger partial charge in [0.05, 0.1) is 11.8 Å². The number of nitrogens with two attached hydrogens (primary N) is 1. The van der Waals surface area contributed by atoms with E-state index in [1.807, 2.05) is 0 Å². The monoisotopic (exact) mass is 255 g/mol. The molecular formula is C12H21N3O3. The predicted molar refractivity (Wildman–Crippen MR) is 65.6 cm³/mol. The molecule has 0 amide bonds. The normalized spacial score (nSPS) is 31.3. The lowest BCUT2D eigenvalue weighted by molar-refractivity contribution is -0.153. The van der Waals surface area contributed by atoms with Crippen molar-refractivity contribution >= 4 is 11.9 Å². The number of carbonyl (C=O) groups is 2. The molecule has 102 valence electrons. The molecule has 2 fully saturated rings. The van der Waals surface area contributed by atoms with Crippen molar-refractivity contribution in [3.05, 3.63) is 0 Å². The lowest BCUT2D eigenvalue weighted by Crippen LogP contribution is -2.41. The van der Waals surface area contributed by atoms with E-state index >= 15 is 0 Å². The van der Waals surface area contributed by atoms with E-state index in [9.17, 15) is 9.59 Å². The van der Waals surface area contributed by atoms with Crippen LogP contribution in [-0.4, -0.2) is 44.2 Å². The van der Waals surface area contributed by atoms with Crippen molar-refractivity contribution in [1.82, 2.24) is 10.6 Å². The Kier molecular flexibility index (Phi) is 4.68. The highest BCUT2D eigenvalue weighted by Gasteiger charge is 2.47. The molecule has 1 saturated carbocycles.